The van der Waals surface area contributed by atoms with Crippen LogP contribution in [0.3, 0.4) is 0 Å². The molecule has 0 atom stereocenters. The van der Waals surface area contributed by atoms with E-state index in [0.717, 1.165) is 28.2 Å². The zero-order valence-electron chi connectivity index (χ0n) is 10.4. The Morgan fingerprint density at radius 3 is 2.58 bits per heavy atom. The zero-order chi connectivity index (χ0) is 12.5. The molecule has 1 aromatic carbocycles. The Labute approximate surface area is 112 Å². The molecular formula is C13H12BN4O. The van der Waals surface area contributed by atoms with Gasteiger partial charge in [0.1, 0.15) is 17.9 Å². The fourth-order valence-electron chi connectivity index (χ4n) is 1.84. The summed E-state index contributed by atoms with van der Waals surface area (Å²) in [6.45, 7) is 0. The summed E-state index contributed by atoms with van der Waals surface area (Å²) in [5.74, 6) is 1.51. The molecule has 2 heterocycles. The molecule has 0 fully saturated rings. The number of rotatable bonds is 2. The van der Waals surface area contributed by atoms with Gasteiger partial charge >= 0.3 is 0 Å². The van der Waals surface area contributed by atoms with Crippen LogP contribution in [0.5, 0.6) is 0 Å². The summed E-state index contributed by atoms with van der Waals surface area (Å²) in [7, 11) is 1.82. The van der Waals surface area contributed by atoms with Gasteiger partial charge in [-0.1, -0.05) is 0 Å². The molecule has 19 heavy (non-hydrogen) atoms. The molecule has 0 aliphatic rings. The third kappa shape index (κ3) is 2.24. The first-order valence-electron chi connectivity index (χ1n) is 5.56. The van der Waals surface area contributed by atoms with Crippen LogP contribution in [0.25, 0.3) is 22.4 Å². The minimum Gasteiger partial charge on any atom is -0.438 e. The second-order valence-electron chi connectivity index (χ2n) is 3.92. The summed E-state index contributed by atoms with van der Waals surface area (Å²) in [5.41, 5.74) is 7.92. The molecule has 0 aliphatic heterocycles. The lowest BCUT2D eigenvalue weighted by atomic mass is 10.1. The van der Waals surface area contributed by atoms with Crippen LogP contribution in [0.4, 0.5) is 11.5 Å². The van der Waals surface area contributed by atoms with Gasteiger partial charge in [-0.3, -0.25) is 0 Å². The lowest BCUT2D eigenvalue weighted by molar-refractivity contribution is 0.617. The standard InChI is InChI=1S/C13H12N4O.B/c1-15-12-10-6-11(18-13(10)17-7-16-12)8-2-4-9(14)5-3-8;/h2-7H,14H2,1H3,(H,15,16,17);. The Balaban J connectivity index is 0.00000133. The van der Waals surface area contributed by atoms with Crippen LogP contribution in [0.1, 0.15) is 0 Å². The molecule has 3 rings (SSSR count). The summed E-state index contributed by atoms with van der Waals surface area (Å²) in [4.78, 5) is 8.26. The number of nitrogens with one attached hydrogen (secondary N) is 1. The Morgan fingerprint density at radius 1 is 1.16 bits per heavy atom. The Bertz CT molecular complexity index is 693. The number of hydrogen-bond donors (Lipinski definition) is 2. The van der Waals surface area contributed by atoms with E-state index in [0.29, 0.717) is 5.71 Å². The van der Waals surface area contributed by atoms with Crippen LogP contribution in [-0.4, -0.2) is 25.4 Å². The minimum atomic E-state index is 0. The van der Waals surface area contributed by atoms with Gasteiger partial charge in [0, 0.05) is 26.7 Å². The van der Waals surface area contributed by atoms with Crippen LogP contribution in [0, 0.1) is 0 Å². The summed E-state index contributed by atoms with van der Waals surface area (Å²) in [6, 6.07) is 9.44. The predicted molar refractivity (Wildman–Crippen MR) is 77.0 cm³/mol. The second-order valence-corrected chi connectivity index (χ2v) is 3.92. The van der Waals surface area contributed by atoms with Crippen LogP contribution in [0.2, 0.25) is 0 Å². The predicted octanol–water partition coefficient (Wildman–Crippen LogP) is 2.13. The Kier molecular flexibility index (Phi) is 3.42. The van der Waals surface area contributed by atoms with Gasteiger partial charge in [-0.15, -0.1) is 0 Å². The third-order valence-corrected chi connectivity index (χ3v) is 2.76. The molecule has 0 saturated carbocycles. The highest BCUT2D eigenvalue weighted by Crippen LogP contribution is 2.29. The van der Waals surface area contributed by atoms with Crippen molar-refractivity contribution in [2.24, 2.45) is 0 Å². The fourth-order valence-corrected chi connectivity index (χ4v) is 1.84. The number of hydrogen-bond acceptors (Lipinski definition) is 5. The van der Waals surface area contributed by atoms with E-state index in [1.165, 1.54) is 6.33 Å². The SMILES string of the molecule is CNc1ncnc2oc(-c3ccc(N)cc3)cc12.[B]. The van der Waals surface area contributed by atoms with E-state index < -0.39 is 0 Å². The monoisotopic (exact) mass is 251 g/mol. The van der Waals surface area contributed by atoms with Gasteiger partial charge in [0.2, 0.25) is 5.71 Å². The normalized spacial score (nSPS) is 10.2. The molecule has 0 unspecified atom stereocenters. The molecule has 2 aromatic heterocycles. The summed E-state index contributed by atoms with van der Waals surface area (Å²) in [6.07, 6.45) is 1.48. The molecule has 93 valence electrons. The van der Waals surface area contributed by atoms with Crippen molar-refractivity contribution in [1.82, 2.24) is 9.97 Å². The summed E-state index contributed by atoms with van der Waals surface area (Å²) in [5, 5.41) is 3.88. The first-order chi connectivity index (χ1) is 8.78. The number of anilines is 2. The zero-order valence-corrected chi connectivity index (χ0v) is 10.4. The van der Waals surface area contributed by atoms with Gasteiger partial charge in [-0.05, 0) is 30.3 Å². The van der Waals surface area contributed by atoms with E-state index in [-0.39, 0.29) is 8.41 Å². The topological polar surface area (TPSA) is 77.0 Å². The lowest BCUT2D eigenvalue weighted by Gasteiger charge is -1.96. The Morgan fingerprint density at radius 2 is 1.89 bits per heavy atom. The van der Waals surface area contributed by atoms with Crippen LogP contribution in [-0.2, 0) is 0 Å². The third-order valence-electron chi connectivity index (χ3n) is 2.76. The molecular weight excluding hydrogens is 239 g/mol. The first-order valence-corrected chi connectivity index (χ1v) is 5.56. The molecule has 0 bridgehead atoms. The highest BCUT2D eigenvalue weighted by Gasteiger charge is 2.10. The Hall–Kier alpha value is -2.50. The molecule has 3 radical (unpaired) electrons. The molecule has 3 aromatic rings. The van der Waals surface area contributed by atoms with E-state index in [1.807, 2.05) is 37.4 Å². The molecule has 0 amide bonds. The smallest absolute Gasteiger partial charge is 0.231 e. The largest absolute Gasteiger partial charge is 0.438 e. The molecule has 5 nitrogen and oxygen atoms in total. The number of furan rings is 1. The molecule has 0 aliphatic carbocycles. The van der Waals surface area contributed by atoms with E-state index in [1.54, 1.807) is 0 Å². The molecule has 3 N–H and O–H groups in total. The van der Waals surface area contributed by atoms with Gasteiger partial charge in [0.25, 0.3) is 0 Å². The minimum absolute atomic E-state index is 0. The van der Waals surface area contributed by atoms with Gasteiger partial charge in [0.15, 0.2) is 0 Å². The van der Waals surface area contributed by atoms with Crippen molar-refractivity contribution in [2.45, 2.75) is 0 Å². The molecule has 0 saturated heterocycles. The fraction of sp³-hybridized carbons (Fsp3) is 0.0769. The van der Waals surface area contributed by atoms with Crippen molar-refractivity contribution < 1.29 is 4.42 Å². The van der Waals surface area contributed by atoms with E-state index in [9.17, 15) is 0 Å². The van der Waals surface area contributed by atoms with Crippen molar-refractivity contribution in [1.29, 1.82) is 0 Å². The highest BCUT2D eigenvalue weighted by molar-refractivity contribution is 5.89. The number of fused-ring (bicyclic) bond motifs is 1. The van der Waals surface area contributed by atoms with Crippen molar-refractivity contribution in [3.05, 3.63) is 36.7 Å². The maximum atomic E-state index is 5.70. The number of aromatic nitrogens is 2. The number of nitrogen functional groups attached to an aromatic ring is 1. The van der Waals surface area contributed by atoms with Crippen molar-refractivity contribution in [3.8, 4) is 11.3 Å². The van der Waals surface area contributed by atoms with Crippen molar-refractivity contribution in [2.75, 3.05) is 18.1 Å². The number of nitrogens with two attached hydrogens (primary N) is 1. The average molecular weight is 251 g/mol. The van der Waals surface area contributed by atoms with Crippen molar-refractivity contribution in [3.63, 3.8) is 0 Å². The second kappa shape index (κ2) is 5.01. The average Bonchev–Trinajstić information content (AvgIpc) is 2.83. The summed E-state index contributed by atoms with van der Waals surface area (Å²) >= 11 is 0. The van der Waals surface area contributed by atoms with E-state index >= 15 is 0 Å². The summed E-state index contributed by atoms with van der Waals surface area (Å²) < 4.78 is 5.70. The first kappa shape index (κ1) is 12.9. The van der Waals surface area contributed by atoms with Crippen LogP contribution >= 0.6 is 0 Å². The van der Waals surface area contributed by atoms with Gasteiger partial charge in [-0.2, -0.15) is 0 Å². The van der Waals surface area contributed by atoms with Crippen molar-refractivity contribution >= 4 is 31.0 Å². The maximum Gasteiger partial charge on any atom is 0.231 e. The van der Waals surface area contributed by atoms with Crippen LogP contribution < -0.4 is 11.1 Å². The van der Waals surface area contributed by atoms with E-state index in [4.69, 9.17) is 10.2 Å². The molecule has 6 heteroatoms. The van der Waals surface area contributed by atoms with Gasteiger partial charge in [0.05, 0.1) is 5.39 Å². The number of benzene rings is 1. The van der Waals surface area contributed by atoms with Gasteiger partial charge < -0.3 is 15.5 Å². The highest BCUT2D eigenvalue weighted by atomic mass is 16.3. The van der Waals surface area contributed by atoms with Crippen LogP contribution in [0.15, 0.2) is 41.1 Å². The number of nitrogens with zero attached hydrogens (tertiary/aromatic N) is 2. The van der Waals surface area contributed by atoms with E-state index in [2.05, 4.69) is 15.3 Å². The van der Waals surface area contributed by atoms with Gasteiger partial charge in [-0.25, -0.2) is 9.97 Å². The quantitative estimate of drug-likeness (QED) is 0.539. The lowest BCUT2D eigenvalue weighted by Crippen LogP contribution is -1.92. The molecule has 0 spiro atoms. The maximum absolute atomic E-state index is 5.70.